The second-order valence-electron chi connectivity index (χ2n) is 18.7. The van der Waals surface area contributed by atoms with Crippen LogP contribution in [0.3, 0.4) is 0 Å². The van der Waals surface area contributed by atoms with Gasteiger partial charge in [0, 0.05) is 63.5 Å². The largest absolute Gasteiger partial charge is 0.355 e. The van der Waals surface area contributed by atoms with Crippen LogP contribution in [-0.4, -0.2) is 97.6 Å². The maximum Gasteiger partial charge on any atom is 0.253 e. The third kappa shape index (κ3) is 13.7. The van der Waals surface area contributed by atoms with Gasteiger partial charge in [-0.3, -0.25) is 28.8 Å². The Labute approximate surface area is 426 Å². The van der Waals surface area contributed by atoms with E-state index in [1.165, 1.54) is 58.3 Å². The number of nitrogens with zero attached hydrogens (tertiary/aromatic N) is 2. The van der Waals surface area contributed by atoms with Crippen molar-refractivity contribution in [3.8, 4) is 11.1 Å². The molecule has 4 N–H and O–H groups in total. The Morgan fingerprint density at radius 3 is 0.770 bits per heavy atom. The average Bonchev–Trinajstić information content (AvgIpc) is 4.08. The van der Waals surface area contributed by atoms with E-state index in [-0.39, 0.29) is 111 Å². The molecule has 2 saturated heterocycles. The minimum atomic E-state index is -0.844. The molecule has 0 spiro atoms. The van der Waals surface area contributed by atoms with Crippen LogP contribution in [0, 0.1) is 46.9 Å². The van der Waals surface area contributed by atoms with Crippen molar-refractivity contribution in [1.82, 2.24) is 31.1 Å². The van der Waals surface area contributed by atoms with Crippen molar-refractivity contribution >= 4 is 35.4 Å². The molecule has 0 aromatic heterocycles. The summed E-state index contributed by atoms with van der Waals surface area (Å²) in [6.07, 6.45) is 1.75. The van der Waals surface area contributed by atoms with Gasteiger partial charge >= 0.3 is 0 Å². The molecule has 6 amide bonds. The van der Waals surface area contributed by atoms with Crippen LogP contribution in [0.5, 0.6) is 0 Å². The summed E-state index contributed by atoms with van der Waals surface area (Å²) in [6.45, 7) is 0.954. The molecule has 8 rings (SSSR count). The first-order chi connectivity index (χ1) is 35.8. The first-order valence-electron chi connectivity index (χ1n) is 24.7. The number of benzene rings is 6. The molecule has 2 heterocycles. The summed E-state index contributed by atoms with van der Waals surface area (Å²) >= 11 is 0. The number of nitrogens with one attached hydrogen (secondary N) is 4. The van der Waals surface area contributed by atoms with Crippen LogP contribution < -0.4 is 21.3 Å². The topological polar surface area (TPSA) is 157 Å². The number of rotatable bonds is 19. The van der Waals surface area contributed by atoms with E-state index in [9.17, 15) is 46.3 Å². The Balaban J connectivity index is 0.891. The van der Waals surface area contributed by atoms with Crippen LogP contribution >= 0.6 is 0 Å². The van der Waals surface area contributed by atoms with Crippen LogP contribution in [0.2, 0.25) is 0 Å². The molecule has 0 aliphatic carbocycles. The first-order valence-corrected chi connectivity index (χ1v) is 24.7. The molecule has 0 bridgehead atoms. The maximum atomic E-state index is 14.0. The van der Waals surface area contributed by atoms with Crippen molar-refractivity contribution in [3.05, 3.63) is 202 Å². The third-order valence-corrected chi connectivity index (χ3v) is 13.7. The molecule has 382 valence electrons. The molecule has 6 aromatic rings. The van der Waals surface area contributed by atoms with Gasteiger partial charge in [0.2, 0.25) is 23.6 Å². The highest BCUT2D eigenvalue weighted by molar-refractivity contribution is 5.98. The Hall–Kier alpha value is -8.14. The number of halogens is 4. The zero-order valence-electron chi connectivity index (χ0n) is 40.5. The predicted molar refractivity (Wildman–Crippen MR) is 270 cm³/mol. The minimum absolute atomic E-state index is 0.00258. The second-order valence-corrected chi connectivity index (χ2v) is 18.7. The number of hydrogen-bond donors (Lipinski definition) is 4. The lowest BCUT2D eigenvalue weighted by Crippen LogP contribution is -2.42. The SMILES string of the molecule is O=C(NCCc1ccc(F)cc1)C1CN(C(=O)c2ccc(-c3ccc(C(=O)N4CC(C(=O)NCCc5ccc(F)cc5)C(C(=O)NCCc5ccc(F)cc5)C4)cc3)cc2)CC1C(=O)NCCc1ccc(F)cc1. The van der Waals surface area contributed by atoms with E-state index < -0.39 is 23.7 Å². The molecular weight excluding hydrogens is 953 g/mol. The van der Waals surface area contributed by atoms with Gasteiger partial charge in [0.15, 0.2) is 0 Å². The van der Waals surface area contributed by atoms with E-state index in [2.05, 4.69) is 21.3 Å². The molecule has 2 aliphatic heterocycles. The van der Waals surface area contributed by atoms with Gasteiger partial charge in [-0.15, -0.1) is 0 Å². The van der Waals surface area contributed by atoms with Crippen LogP contribution in [0.25, 0.3) is 11.1 Å². The molecule has 0 saturated carbocycles. The summed E-state index contributed by atoms with van der Waals surface area (Å²) in [4.78, 5) is 85.5. The van der Waals surface area contributed by atoms with Gasteiger partial charge in [0.25, 0.3) is 11.8 Å². The van der Waals surface area contributed by atoms with Crippen LogP contribution in [0.1, 0.15) is 43.0 Å². The summed E-state index contributed by atoms with van der Waals surface area (Å²) in [5.74, 6) is -7.13. The van der Waals surface area contributed by atoms with Crippen molar-refractivity contribution in [2.45, 2.75) is 25.7 Å². The maximum absolute atomic E-state index is 14.0. The van der Waals surface area contributed by atoms with Crippen molar-refractivity contribution in [2.24, 2.45) is 23.7 Å². The van der Waals surface area contributed by atoms with E-state index >= 15 is 0 Å². The lowest BCUT2D eigenvalue weighted by Gasteiger charge is -2.17. The highest BCUT2D eigenvalue weighted by Gasteiger charge is 2.45. The average molecular weight is 1010 g/mol. The molecule has 74 heavy (non-hydrogen) atoms. The second kappa shape index (κ2) is 24.5. The summed E-state index contributed by atoms with van der Waals surface area (Å²) in [7, 11) is 0. The zero-order chi connectivity index (χ0) is 52.1. The van der Waals surface area contributed by atoms with E-state index in [1.54, 1.807) is 97.1 Å². The fourth-order valence-electron chi connectivity index (χ4n) is 9.43. The van der Waals surface area contributed by atoms with Gasteiger partial charge in [-0.2, -0.15) is 0 Å². The lowest BCUT2D eigenvalue weighted by atomic mass is 9.94. The van der Waals surface area contributed by atoms with Gasteiger partial charge in [-0.05, 0) is 132 Å². The summed E-state index contributed by atoms with van der Waals surface area (Å²) in [5.41, 5.74) is 5.46. The Kier molecular flexibility index (Phi) is 17.3. The van der Waals surface area contributed by atoms with Gasteiger partial charge in [-0.25, -0.2) is 17.6 Å². The van der Waals surface area contributed by atoms with Gasteiger partial charge < -0.3 is 31.1 Å². The molecule has 2 fully saturated rings. The normalized spacial score (nSPS) is 17.1. The molecule has 4 unspecified atom stereocenters. The molecule has 4 atom stereocenters. The predicted octanol–water partition coefficient (Wildman–Crippen LogP) is 6.72. The zero-order valence-corrected chi connectivity index (χ0v) is 40.5. The molecule has 6 aromatic carbocycles. The van der Waals surface area contributed by atoms with E-state index in [1.807, 2.05) is 0 Å². The number of carbonyl (C=O) groups is 6. The number of carbonyl (C=O) groups excluding carboxylic acids is 6. The van der Waals surface area contributed by atoms with Crippen molar-refractivity contribution in [3.63, 3.8) is 0 Å². The van der Waals surface area contributed by atoms with E-state index in [0.717, 1.165) is 33.4 Å². The van der Waals surface area contributed by atoms with Crippen molar-refractivity contribution < 1.29 is 46.3 Å². The molecule has 2 aliphatic rings. The molecule has 12 nitrogen and oxygen atoms in total. The van der Waals surface area contributed by atoms with E-state index in [0.29, 0.717) is 36.8 Å². The van der Waals surface area contributed by atoms with E-state index in [4.69, 9.17) is 0 Å². The van der Waals surface area contributed by atoms with Crippen LogP contribution in [0.4, 0.5) is 17.6 Å². The number of amides is 6. The highest BCUT2D eigenvalue weighted by Crippen LogP contribution is 2.29. The lowest BCUT2D eigenvalue weighted by molar-refractivity contribution is -0.132. The monoisotopic (exact) mass is 1010 g/mol. The fourth-order valence-corrected chi connectivity index (χ4v) is 9.43. The highest BCUT2D eigenvalue weighted by atomic mass is 19.1. The quantitative estimate of drug-likeness (QED) is 0.0661. The van der Waals surface area contributed by atoms with Crippen molar-refractivity contribution in [1.29, 1.82) is 0 Å². The van der Waals surface area contributed by atoms with Crippen molar-refractivity contribution in [2.75, 3.05) is 52.4 Å². The van der Waals surface area contributed by atoms with Gasteiger partial charge in [0.05, 0.1) is 23.7 Å². The van der Waals surface area contributed by atoms with Crippen LogP contribution in [-0.2, 0) is 44.9 Å². The van der Waals surface area contributed by atoms with Gasteiger partial charge in [0.1, 0.15) is 23.3 Å². The standard InChI is InChI=1S/C58H56F4N6O6/c59-45-17-1-37(2-18-45)25-29-63-53(69)49-33-67(34-50(49)54(70)64-30-26-38-3-19-46(60)20-4-38)57(73)43-13-9-41(10-14-43)42-11-15-44(16-12-42)58(74)68-35-51(55(71)65-31-27-39-5-21-47(61)22-6-39)52(36-68)56(72)66-32-28-40-7-23-48(62)24-8-40/h1-24,49-52H,25-36H2,(H,63,69)(H,64,70)(H,65,71)(H,66,72). The number of likely N-dealkylation sites (tertiary alicyclic amines) is 2. The first kappa shape index (κ1) is 52.2. The smallest absolute Gasteiger partial charge is 0.253 e. The Morgan fingerprint density at radius 2 is 0.554 bits per heavy atom. The Bertz CT molecular complexity index is 2580. The van der Waals surface area contributed by atoms with Crippen LogP contribution in [0.15, 0.2) is 146 Å². The summed E-state index contributed by atoms with van der Waals surface area (Å²) < 4.78 is 53.8. The third-order valence-electron chi connectivity index (χ3n) is 13.7. The molecule has 16 heteroatoms. The molecule has 0 radical (unpaired) electrons. The Morgan fingerprint density at radius 1 is 0.338 bits per heavy atom. The summed E-state index contributed by atoms with van der Waals surface area (Å²) in [5, 5.41) is 11.6. The fraction of sp³-hybridized carbons (Fsp3) is 0.276. The summed E-state index contributed by atoms with van der Waals surface area (Å²) in [6, 6.07) is 37.5. The van der Waals surface area contributed by atoms with Gasteiger partial charge in [-0.1, -0.05) is 72.8 Å². The number of hydrogen-bond acceptors (Lipinski definition) is 6. The molecular formula is C58H56F4N6O6. The minimum Gasteiger partial charge on any atom is -0.355 e.